The van der Waals surface area contributed by atoms with Gasteiger partial charge in [-0.3, -0.25) is 0 Å². The molecule has 192 valence electrons. The number of unbranched alkanes of at least 4 members (excludes halogenated alkanes) is 2. The molecule has 12 heteroatoms. The van der Waals surface area contributed by atoms with Gasteiger partial charge in [0, 0.05) is 10.8 Å². The van der Waals surface area contributed by atoms with Crippen molar-refractivity contribution in [3.8, 4) is 0 Å². The van der Waals surface area contributed by atoms with Crippen LogP contribution in [-0.2, 0) is 4.84 Å². The van der Waals surface area contributed by atoms with Crippen LogP contribution in [0.25, 0.3) is 20.4 Å². The minimum absolute atomic E-state index is 0.555. The van der Waals surface area contributed by atoms with Crippen molar-refractivity contribution in [1.82, 2.24) is 19.9 Å². The Kier molecular flexibility index (Phi) is 7.54. The van der Waals surface area contributed by atoms with E-state index in [4.69, 9.17) is 14.8 Å². The fourth-order valence-corrected chi connectivity index (χ4v) is 6.91. The van der Waals surface area contributed by atoms with E-state index in [1.807, 2.05) is 47.2 Å². The Labute approximate surface area is 235 Å². The first-order valence-corrected chi connectivity index (χ1v) is 15.5. The molecule has 2 aromatic carbocycles. The number of rotatable bonds is 11. The van der Waals surface area contributed by atoms with Gasteiger partial charge in [0.05, 0.1) is 20.4 Å². The van der Waals surface area contributed by atoms with Crippen LogP contribution in [0.5, 0.6) is 0 Å². The van der Waals surface area contributed by atoms with E-state index in [0.717, 1.165) is 60.2 Å². The Morgan fingerprint density at radius 1 is 0.737 bits per heavy atom. The predicted octanol–water partition coefficient (Wildman–Crippen LogP) is 8.27. The minimum atomic E-state index is 0.555. The van der Waals surface area contributed by atoms with E-state index >= 15 is 0 Å². The Hall–Kier alpha value is -3.45. The molecule has 0 aliphatic rings. The summed E-state index contributed by atoms with van der Waals surface area (Å²) in [5.41, 5.74) is 3.94. The van der Waals surface area contributed by atoms with Gasteiger partial charge in [0.25, 0.3) is 0 Å². The maximum absolute atomic E-state index is 5.70. The third kappa shape index (κ3) is 5.68. The van der Waals surface area contributed by atoms with Crippen LogP contribution in [-0.4, -0.2) is 32.3 Å². The maximum atomic E-state index is 5.70. The molecular formula is C26H23N7OS4. The van der Waals surface area contributed by atoms with Gasteiger partial charge in [-0.05, 0) is 30.7 Å². The largest absolute Gasteiger partial charge is 0.395 e. The highest BCUT2D eigenvalue weighted by Gasteiger charge is 2.18. The van der Waals surface area contributed by atoms with Gasteiger partial charge in [-0.1, -0.05) is 71.9 Å². The second-order valence-corrected chi connectivity index (χ2v) is 12.1. The number of hydrogen-bond donors (Lipinski definition) is 2. The molecule has 0 aliphatic carbocycles. The molecule has 38 heavy (non-hydrogen) atoms. The average Bonchev–Trinajstić information content (AvgIpc) is 3.72. The zero-order valence-electron chi connectivity index (χ0n) is 20.4. The van der Waals surface area contributed by atoms with Gasteiger partial charge in [-0.15, -0.1) is 22.7 Å². The van der Waals surface area contributed by atoms with Crippen molar-refractivity contribution < 1.29 is 4.84 Å². The summed E-state index contributed by atoms with van der Waals surface area (Å²) in [4.78, 5) is 24.6. The van der Waals surface area contributed by atoms with E-state index in [0.29, 0.717) is 23.7 Å². The van der Waals surface area contributed by atoms with Gasteiger partial charge >= 0.3 is 0 Å². The highest BCUT2D eigenvalue weighted by atomic mass is 32.1. The Bertz CT molecular complexity index is 1520. The summed E-state index contributed by atoms with van der Waals surface area (Å²) in [6.45, 7) is 2.72. The molecule has 4 heterocycles. The second kappa shape index (κ2) is 11.5. The molecule has 0 saturated heterocycles. The van der Waals surface area contributed by atoms with E-state index in [-0.39, 0.29) is 0 Å². The van der Waals surface area contributed by atoms with Crippen LogP contribution in [0.3, 0.4) is 0 Å². The first-order chi connectivity index (χ1) is 18.7. The van der Waals surface area contributed by atoms with Gasteiger partial charge in [0.2, 0.25) is 0 Å². The van der Waals surface area contributed by atoms with E-state index in [1.54, 1.807) is 22.7 Å². The number of nitrogens with one attached hydrogen (secondary N) is 2. The molecule has 0 saturated carbocycles. The Morgan fingerprint density at radius 3 is 1.82 bits per heavy atom. The van der Waals surface area contributed by atoms with E-state index in [9.17, 15) is 0 Å². The topological polar surface area (TPSA) is 97.2 Å². The highest BCUT2D eigenvalue weighted by molar-refractivity contribution is 7.23. The van der Waals surface area contributed by atoms with Gasteiger partial charge in [-0.25, -0.2) is 19.9 Å². The molecular weight excluding hydrogens is 555 g/mol. The fourth-order valence-electron chi connectivity index (χ4n) is 3.67. The molecule has 6 rings (SSSR count). The zero-order chi connectivity index (χ0) is 25.7. The number of hydrogen-bond acceptors (Lipinski definition) is 12. The quantitative estimate of drug-likeness (QED) is 0.0908. The van der Waals surface area contributed by atoms with E-state index in [1.165, 1.54) is 22.7 Å². The second-order valence-electron chi connectivity index (χ2n) is 8.28. The van der Waals surface area contributed by atoms with E-state index in [2.05, 4.69) is 44.8 Å². The fraction of sp³-hybridized carbons (Fsp3) is 0.192. The average molecular weight is 578 g/mol. The highest BCUT2D eigenvalue weighted by Crippen LogP contribution is 2.32. The van der Waals surface area contributed by atoms with Crippen molar-refractivity contribution in [3.05, 3.63) is 70.7 Å². The molecule has 0 unspecified atom stereocenters. The zero-order valence-corrected chi connectivity index (χ0v) is 23.6. The third-order valence-corrected chi connectivity index (χ3v) is 8.92. The number of thiazole rings is 4. The number of para-hydroxylation sites is 2. The van der Waals surface area contributed by atoms with Crippen LogP contribution in [0.15, 0.2) is 64.4 Å². The molecule has 0 atom stereocenters. The van der Waals surface area contributed by atoms with Crippen molar-refractivity contribution in [2.75, 3.05) is 17.2 Å². The molecule has 2 N–H and O–H groups in total. The number of fused-ring (bicyclic) bond motifs is 2. The van der Waals surface area contributed by atoms with Gasteiger partial charge in [-0.2, -0.15) is 0 Å². The smallest absolute Gasteiger partial charge is 0.190 e. The number of aromatic nitrogens is 4. The van der Waals surface area contributed by atoms with Crippen molar-refractivity contribution in [3.63, 3.8) is 0 Å². The van der Waals surface area contributed by atoms with Crippen molar-refractivity contribution in [2.24, 2.45) is 5.16 Å². The molecule has 0 bridgehead atoms. The molecule has 4 aromatic heterocycles. The van der Waals surface area contributed by atoms with Crippen molar-refractivity contribution in [2.45, 2.75) is 26.2 Å². The summed E-state index contributed by atoms with van der Waals surface area (Å²) in [6.07, 6.45) is 3.18. The molecule has 0 amide bonds. The van der Waals surface area contributed by atoms with Gasteiger partial charge in [0.1, 0.15) is 18.0 Å². The minimum Gasteiger partial charge on any atom is -0.395 e. The Balaban J connectivity index is 1.23. The van der Waals surface area contributed by atoms with Gasteiger partial charge in [0.15, 0.2) is 26.2 Å². The third-order valence-electron chi connectivity index (χ3n) is 5.50. The molecule has 0 radical (unpaired) electrons. The van der Waals surface area contributed by atoms with Crippen molar-refractivity contribution in [1.29, 1.82) is 0 Å². The normalized spacial score (nSPS) is 11.2. The lowest BCUT2D eigenvalue weighted by Gasteiger charge is -2.03. The lowest BCUT2D eigenvalue weighted by Crippen LogP contribution is -2.07. The summed E-state index contributed by atoms with van der Waals surface area (Å²) >= 11 is 6.19. The summed E-state index contributed by atoms with van der Waals surface area (Å²) in [6, 6.07) is 16.2. The predicted molar refractivity (Wildman–Crippen MR) is 161 cm³/mol. The number of nitrogens with zero attached hydrogens (tertiary/aromatic N) is 5. The number of oxime groups is 1. The molecule has 0 spiro atoms. The molecule has 6 aromatic rings. The summed E-state index contributed by atoms with van der Waals surface area (Å²) in [5, 5.41) is 18.1. The van der Waals surface area contributed by atoms with Crippen LogP contribution in [0.1, 0.15) is 37.6 Å². The standard InChI is InChI=1S/C26H23N7OS4/c1-2-3-8-13-34-33-22(18-14-35-23(29-18)31-25-27-16-9-4-6-11-20(16)37-25)19-15-36-24(30-19)32-26-28-17-10-5-7-12-21(17)38-26/h4-7,9-12,14-15H,2-3,8,13H2,1H3,(H,27,29,31)(H,28,30,32). The monoisotopic (exact) mass is 577 g/mol. The van der Waals surface area contributed by atoms with Crippen LogP contribution < -0.4 is 10.6 Å². The number of anilines is 4. The lowest BCUT2D eigenvalue weighted by molar-refractivity contribution is 0.140. The van der Waals surface area contributed by atoms with Crippen LogP contribution in [0.2, 0.25) is 0 Å². The van der Waals surface area contributed by atoms with E-state index < -0.39 is 0 Å². The summed E-state index contributed by atoms with van der Waals surface area (Å²) in [5.74, 6) is 0. The van der Waals surface area contributed by atoms with Crippen LogP contribution >= 0.6 is 45.3 Å². The van der Waals surface area contributed by atoms with Crippen LogP contribution in [0, 0.1) is 0 Å². The first-order valence-electron chi connectivity index (χ1n) is 12.1. The molecule has 0 fully saturated rings. The molecule has 8 nitrogen and oxygen atoms in total. The summed E-state index contributed by atoms with van der Waals surface area (Å²) < 4.78 is 2.26. The molecule has 0 aliphatic heterocycles. The van der Waals surface area contributed by atoms with Gasteiger partial charge < -0.3 is 15.5 Å². The van der Waals surface area contributed by atoms with Crippen LogP contribution in [0.4, 0.5) is 20.5 Å². The lowest BCUT2D eigenvalue weighted by atomic mass is 10.2. The van der Waals surface area contributed by atoms with Crippen molar-refractivity contribution >= 4 is 92.0 Å². The Morgan fingerprint density at radius 2 is 1.29 bits per heavy atom. The number of benzene rings is 2. The first kappa shape index (κ1) is 24.9. The SMILES string of the molecule is CCCCCON=C(c1csc(Nc2nc3ccccc3s2)n1)c1csc(Nc2nc3ccccc3s2)n1. The maximum Gasteiger partial charge on any atom is 0.190 e. The summed E-state index contributed by atoms with van der Waals surface area (Å²) in [7, 11) is 0.